The molecule has 1 aromatic heterocycles. The summed E-state index contributed by atoms with van der Waals surface area (Å²) in [5.41, 5.74) is 5.35. The maximum Gasteiger partial charge on any atom is 0.180 e. The number of anilines is 1. The minimum atomic E-state index is -2.94. The van der Waals surface area contributed by atoms with E-state index in [0.29, 0.717) is 10.0 Å². The summed E-state index contributed by atoms with van der Waals surface area (Å²) >= 11 is 1.22. The van der Waals surface area contributed by atoms with Crippen LogP contribution in [0.25, 0.3) is 0 Å². The normalized spacial score (nSPS) is 11.8. The second-order valence-corrected chi connectivity index (χ2v) is 5.84. The van der Waals surface area contributed by atoms with Crippen LogP contribution in [0.4, 0.5) is 5.13 Å². The van der Waals surface area contributed by atoms with Crippen molar-refractivity contribution in [2.75, 3.05) is 11.5 Å². The van der Waals surface area contributed by atoms with Crippen LogP contribution >= 0.6 is 11.3 Å². The molecule has 68 valence electrons. The predicted molar refractivity (Wildman–Crippen MR) is 49.7 cm³/mol. The van der Waals surface area contributed by atoms with Crippen LogP contribution in [0.1, 0.15) is 11.8 Å². The van der Waals surface area contributed by atoms with Crippen molar-refractivity contribution in [1.82, 2.24) is 4.98 Å². The van der Waals surface area contributed by atoms with Crippen LogP contribution in [0.5, 0.6) is 0 Å². The molecule has 0 aliphatic rings. The minimum Gasteiger partial charge on any atom is -0.375 e. The zero-order valence-electron chi connectivity index (χ0n) is 6.65. The second kappa shape index (κ2) is 3.40. The zero-order chi connectivity index (χ0) is 9.19. The molecule has 1 rings (SSSR count). The van der Waals surface area contributed by atoms with E-state index in [1.807, 2.05) is 0 Å². The van der Waals surface area contributed by atoms with Crippen LogP contribution < -0.4 is 5.73 Å². The average molecular weight is 206 g/mol. The fourth-order valence-electron chi connectivity index (χ4n) is 0.708. The summed E-state index contributed by atoms with van der Waals surface area (Å²) in [6.07, 6.45) is 1.51. The highest BCUT2D eigenvalue weighted by molar-refractivity contribution is 7.90. The number of aromatic nitrogens is 1. The van der Waals surface area contributed by atoms with Crippen LogP contribution in [-0.2, 0) is 15.6 Å². The first-order valence-electron chi connectivity index (χ1n) is 3.44. The van der Waals surface area contributed by atoms with Crippen molar-refractivity contribution in [1.29, 1.82) is 0 Å². The van der Waals surface area contributed by atoms with E-state index >= 15 is 0 Å². The smallest absolute Gasteiger partial charge is 0.180 e. The Kier molecular flexibility index (Phi) is 2.69. The van der Waals surface area contributed by atoms with E-state index in [2.05, 4.69) is 4.98 Å². The van der Waals surface area contributed by atoms with Gasteiger partial charge in [0, 0.05) is 16.8 Å². The molecule has 0 saturated heterocycles. The predicted octanol–water partition coefficient (Wildman–Crippen LogP) is 0.660. The molecule has 0 aliphatic carbocycles. The van der Waals surface area contributed by atoms with Crippen LogP contribution in [0.3, 0.4) is 0 Å². The van der Waals surface area contributed by atoms with E-state index < -0.39 is 9.84 Å². The molecule has 0 bridgehead atoms. The second-order valence-electron chi connectivity index (χ2n) is 2.34. The summed E-state index contributed by atoms with van der Waals surface area (Å²) in [7, 11) is -2.94. The molecule has 0 radical (unpaired) electrons. The largest absolute Gasteiger partial charge is 0.375 e. The molecular weight excluding hydrogens is 196 g/mol. The molecule has 0 spiro atoms. The number of thiazole rings is 1. The molecule has 0 amide bonds. The van der Waals surface area contributed by atoms with Crippen LogP contribution in [-0.4, -0.2) is 19.2 Å². The first-order chi connectivity index (χ1) is 5.53. The maximum atomic E-state index is 11.1. The number of hydrogen-bond donors (Lipinski definition) is 1. The topological polar surface area (TPSA) is 73.0 Å². The number of hydrogen-bond acceptors (Lipinski definition) is 5. The molecule has 4 nitrogen and oxygen atoms in total. The SMILES string of the molecule is CCS(=O)(=O)Cc1cnc(N)s1. The van der Waals surface area contributed by atoms with Gasteiger partial charge in [0.15, 0.2) is 15.0 Å². The van der Waals surface area contributed by atoms with Gasteiger partial charge < -0.3 is 5.73 Å². The molecule has 0 unspecified atom stereocenters. The monoisotopic (exact) mass is 206 g/mol. The summed E-state index contributed by atoms with van der Waals surface area (Å²) in [6.45, 7) is 1.62. The molecule has 0 atom stereocenters. The molecular formula is C6H10N2O2S2. The Hall–Kier alpha value is -0.620. The average Bonchev–Trinajstić information content (AvgIpc) is 2.35. The van der Waals surface area contributed by atoms with Crippen molar-refractivity contribution in [2.24, 2.45) is 0 Å². The first kappa shape index (κ1) is 9.47. The molecule has 0 aliphatic heterocycles. The highest BCUT2D eigenvalue weighted by atomic mass is 32.2. The summed E-state index contributed by atoms with van der Waals surface area (Å²) < 4.78 is 22.2. The van der Waals surface area contributed by atoms with Gasteiger partial charge >= 0.3 is 0 Å². The fourth-order valence-corrected chi connectivity index (χ4v) is 2.67. The molecule has 12 heavy (non-hydrogen) atoms. The van der Waals surface area contributed by atoms with E-state index in [4.69, 9.17) is 5.73 Å². The van der Waals surface area contributed by atoms with Crippen molar-refractivity contribution in [3.63, 3.8) is 0 Å². The standard InChI is InChI=1S/C6H10N2O2S2/c1-2-12(9,10)4-5-3-8-6(7)11-5/h3H,2,4H2,1H3,(H2,7,8). The van der Waals surface area contributed by atoms with Crippen LogP contribution in [0.2, 0.25) is 0 Å². The lowest BCUT2D eigenvalue weighted by atomic mass is 10.6. The van der Waals surface area contributed by atoms with E-state index in [9.17, 15) is 8.42 Å². The summed E-state index contributed by atoms with van der Waals surface area (Å²) in [5, 5.41) is 0.413. The van der Waals surface area contributed by atoms with Gasteiger partial charge in [0.05, 0.1) is 5.75 Å². The van der Waals surface area contributed by atoms with Crippen molar-refractivity contribution in [3.8, 4) is 0 Å². The van der Waals surface area contributed by atoms with E-state index in [0.717, 1.165) is 0 Å². The molecule has 0 aromatic carbocycles. The molecule has 0 saturated carbocycles. The lowest BCUT2D eigenvalue weighted by molar-refractivity contribution is 0.597. The highest BCUT2D eigenvalue weighted by Gasteiger charge is 2.10. The van der Waals surface area contributed by atoms with Gasteiger partial charge in [-0.25, -0.2) is 13.4 Å². The minimum absolute atomic E-state index is 0.0539. The van der Waals surface area contributed by atoms with Crippen LogP contribution in [0.15, 0.2) is 6.20 Å². The molecule has 1 aromatic rings. The van der Waals surface area contributed by atoms with Gasteiger partial charge in [-0.3, -0.25) is 0 Å². The Morgan fingerprint density at radius 3 is 2.75 bits per heavy atom. The first-order valence-corrected chi connectivity index (χ1v) is 6.08. The van der Waals surface area contributed by atoms with Gasteiger partial charge in [0.2, 0.25) is 0 Å². The maximum absolute atomic E-state index is 11.1. The fraction of sp³-hybridized carbons (Fsp3) is 0.500. The Balaban J connectivity index is 2.77. The Morgan fingerprint density at radius 2 is 2.33 bits per heavy atom. The van der Waals surface area contributed by atoms with E-state index in [-0.39, 0.29) is 11.5 Å². The summed E-state index contributed by atoms with van der Waals surface area (Å²) in [6, 6.07) is 0. The number of nitrogen functional groups attached to an aromatic ring is 1. The number of nitrogens with two attached hydrogens (primary N) is 1. The van der Waals surface area contributed by atoms with Crippen molar-refractivity contribution in [3.05, 3.63) is 11.1 Å². The van der Waals surface area contributed by atoms with Gasteiger partial charge in [-0.2, -0.15) is 0 Å². The molecule has 2 N–H and O–H groups in total. The van der Waals surface area contributed by atoms with Gasteiger partial charge in [-0.15, -0.1) is 11.3 Å². The number of sulfone groups is 1. The summed E-state index contributed by atoms with van der Waals surface area (Å²) in [5.74, 6) is 0.211. The third-order valence-electron chi connectivity index (χ3n) is 1.37. The van der Waals surface area contributed by atoms with Crippen molar-refractivity contribution < 1.29 is 8.42 Å². The molecule has 0 fully saturated rings. The third kappa shape index (κ3) is 2.46. The Morgan fingerprint density at radius 1 is 1.67 bits per heavy atom. The third-order valence-corrected chi connectivity index (χ3v) is 4.01. The molecule has 1 heterocycles. The quantitative estimate of drug-likeness (QED) is 0.788. The zero-order valence-corrected chi connectivity index (χ0v) is 8.28. The number of nitrogens with zero attached hydrogens (tertiary/aromatic N) is 1. The van der Waals surface area contributed by atoms with Crippen molar-refractivity contribution >= 4 is 26.3 Å². The van der Waals surface area contributed by atoms with Gasteiger partial charge in [-0.1, -0.05) is 6.92 Å². The highest BCUT2D eigenvalue weighted by Crippen LogP contribution is 2.17. The Labute approximate surface area is 75.4 Å². The van der Waals surface area contributed by atoms with E-state index in [1.165, 1.54) is 17.5 Å². The number of rotatable bonds is 3. The van der Waals surface area contributed by atoms with Gasteiger partial charge in [0.25, 0.3) is 0 Å². The summed E-state index contributed by atoms with van der Waals surface area (Å²) in [4.78, 5) is 4.47. The lowest BCUT2D eigenvalue weighted by Gasteiger charge is -1.95. The Bertz CT molecular complexity index is 355. The van der Waals surface area contributed by atoms with Crippen molar-refractivity contribution in [2.45, 2.75) is 12.7 Å². The lowest BCUT2D eigenvalue weighted by Crippen LogP contribution is -2.05. The van der Waals surface area contributed by atoms with E-state index in [1.54, 1.807) is 6.92 Å². The van der Waals surface area contributed by atoms with Gasteiger partial charge in [0.1, 0.15) is 0 Å². The molecule has 6 heteroatoms. The van der Waals surface area contributed by atoms with Crippen LogP contribution in [0, 0.1) is 0 Å². The van der Waals surface area contributed by atoms with Gasteiger partial charge in [-0.05, 0) is 0 Å².